The van der Waals surface area contributed by atoms with E-state index in [1.54, 1.807) is 0 Å². The number of halogens is 1. The molecule has 0 aliphatic heterocycles. The van der Waals surface area contributed by atoms with E-state index in [0.717, 1.165) is 0 Å². The molecule has 3 aromatic rings. The molecule has 0 spiro atoms. The molecule has 0 fully saturated rings. The van der Waals surface area contributed by atoms with E-state index in [1.807, 2.05) is 0 Å². The highest BCUT2D eigenvalue weighted by atomic mass is 127. The van der Waals surface area contributed by atoms with Crippen LogP contribution in [0.1, 0.15) is 23.6 Å². The lowest BCUT2D eigenvalue weighted by Crippen LogP contribution is -3.00. The molecule has 25 heavy (non-hydrogen) atoms. The van der Waals surface area contributed by atoms with Gasteiger partial charge in [-0.3, -0.25) is 0 Å². The molecule has 0 atom stereocenters. The minimum Gasteiger partial charge on any atom is -1.00 e. The molecule has 3 rings (SSSR count). The third kappa shape index (κ3) is 5.94. The van der Waals surface area contributed by atoms with Gasteiger partial charge in [0.2, 0.25) is 0 Å². The second kappa shape index (κ2) is 10.1. The van der Waals surface area contributed by atoms with Crippen molar-refractivity contribution >= 4 is 7.26 Å². The van der Waals surface area contributed by atoms with Gasteiger partial charge >= 0.3 is 0 Å². The molecule has 0 aliphatic rings. The van der Waals surface area contributed by atoms with Crippen LogP contribution in [-0.2, 0) is 18.5 Å². The first-order chi connectivity index (χ1) is 11.8. The Balaban J connectivity index is 0.00000225. The fourth-order valence-corrected chi connectivity index (χ4v) is 7.38. The lowest BCUT2D eigenvalue weighted by Gasteiger charge is -2.27. The molecular formula is C23H26IP. The maximum atomic E-state index is 2.39. The number of hydrogen-bond donors (Lipinski definition) is 0. The first kappa shape index (κ1) is 20.1. The summed E-state index contributed by atoms with van der Waals surface area (Å²) in [6.45, 7) is 2.39. The molecule has 0 radical (unpaired) electrons. The average Bonchev–Trinajstić information content (AvgIpc) is 2.64. The predicted octanol–water partition coefficient (Wildman–Crippen LogP) is 3.63. The van der Waals surface area contributed by atoms with E-state index in [2.05, 4.69) is 97.9 Å². The second-order valence-corrected chi connectivity index (χ2v) is 10.9. The first-order valence-electron chi connectivity index (χ1n) is 8.76. The summed E-state index contributed by atoms with van der Waals surface area (Å²) in [4.78, 5) is 0. The minimum absolute atomic E-state index is 0. The van der Waals surface area contributed by atoms with Crippen molar-refractivity contribution in [2.45, 2.75) is 25.4 Å². The quantitative estimate of drug-likeness (QED) is 0.373. The molecular weight excluding hydrogens is 434 g/mol. The van der Waals surface area contributed by atoms with Gasteiger partial charge in [-0.1, -0.05) is 91.0 Å². The highest BCUT2D eigenvalue weighted by molar-refractivity contribution is 7.73. The van der Waals surface area contributed by atoms with Gasteiger partial charge in [-0.25, -0.2) is 0 Å². The summed E-state index contributed by atoms with van der Waals surface area (Å²) in [6, 6.07) is 33.1. The maximum absolute atomic E-state index is 2.39. The molecule has 0 N–H and O–H groups in total. The second-order valence-electron chi connectivity index (χ2n) is 6.59. The highest BCUT2D eigenvalue weighted by Gasteiger charge is 2.36. The Morgan fingerprint density at radius 2 is 0.800 bits per heavy atom. The molecule has 0 saturated heterocycles. The molecule has 130 valence electrons. The van der Waals surface area contributed by atoms with Crippen LogP contribution >= 0.6 is 7.26 Å². The summed E-state index contributed by atoms with van der Waals surface area (Å²) in [5.74, 6) is 0. The first-order valence-corrected chi connectivity index (χ1v) is 11.3. The molecule has 0 nitrogen and oxygen atoms in total. The highest BCUT2D eigenvalue weighted by Crippen LogP contribution is 2.66. The third-order valence-electron chi connectivity index (χ3n) is 4.75. The van der Waals surface area contributed by atoms with Crippen LogP contribution in [0.5, 0.6) is 0 Å². The van der Waals surface area contributed by atoms with E-state index in [9.17, 15) is 0 Å². The Hall–Kier alpha value is -1.18. The lowest BCUT2D eigenvalue weighted by atomic mass is 10.2. The summed E-state index contributed by atoms with van der Waals surface area (Å²) >= 11 is 0. The van der Waals surface area contributed by atoms with Crippen molar-refractivity contribution in [3.63, 3.8) is 0 Å². The molecule has 2 heteroatoms. The standard InChI is InChI=1S/C23H26P.HI/c1-2-24(18-21-12-6-3-7-13-21,19-22-14-8-4-9-15-22)20-23-16-10-5-11-17-23;/h3-17H,2,18-20H2,1H3;1H/q+1;/p-1. The van der Waals surface area contributed by atoms with Gasteiger partial charge in [0.15, 0.2) is 0 Å². The zero-order valence-electron chi connectivity index (χ0n) is 14.8. The van der Waals surface area contributed by atoms with Crippen molar-refractivity contribution in [1.29, 1.82) is 0 Å². The SMILES string of the molecule is CC[P+](Cc1ccccc1)(Cc1ccccc1)Cc1ccccc1.[I-]. The number of rotatable bonds is 7. The normalized spacial score (nSPS) is 10.9. The van der Waals surface area contributed by atoms with Crippen molar-refractivity contribution in [3.8, 4) is 0 Å². The van der Waals surface area contributed by atoms with Crippen LogP contribution in [0.25, 0.3) is 0 Å². The van der Waals surface area contributed by atoms with E-state index in [-0.39, 0.29) is 24.0 Å². The fraction of sp³-hybridized carbons (Fsp3) is 0.217. The van der Waals surface area contributed by atoms with E-state index in [4.69, 9.17) is 0 Å². The fourth-order valence-electron chi connectivity index (χ4n) is 3.42. The Morgan fingerprint density at radius 3 is 1.04 bits per heavy atom. The summed E-state index contributed by atoms with van der Waals surface area (Å²) < 4.78 is 0. The lowest BCUT2D eigenvalue weighted by molar-refractivity contribution is -0.00000506. The predicted molar refractivity (Wildman–Crippen MR) is 108 cm³/mol. The van der Waals surface area contributed by atoms with Gasteiger partial charge in [0.1, 0.15) is 0 Å². The molecule has 0 heterocycles. The Bertz CT molecular complexity index is 624. The molecule has 0 amide bonds. The van der Waals surface area contributed by atoms with Crippen LogP contribution in [0.4, 0.5) is 0 Å². The topological polar surface area (TPSA) is 0 Å². The van der Waals surface area contributed by atoms with E-state index < -0.39 is 7.26 Å². The smallest absolute Gasteiger partial charge is 0.0849 e. The van der Waals surface area contributed by atoms with Crippen molar-refractivity contribution in [2.24, 2.45) is 0 Å². The Morgan fingerprint density at radius 1 is 0.520 bits per heavy atom. The van der Waals surface area contributed by atoms with Gasteiger partial charge < -0.3 is 24.0 Å². The van der Waals surface area contributed by atoms with Crippen LogP contribution in [-0.4, -0.2) is 6.16 Å². The summed E-state index contributed by atoms with van der Waals surface area (Å²) in [6.07, 6.45) is 4.97. The summed E-state index contributed by atoms with van der Waals surface area (Å²) in [5.41, 5.74) is 4.46. The molecule has 0 aliphatic carbocycles. The van der Waals surface area contributed by atoms with Crippen molar-refractivity contribution in [1.82, 2.24) is 0 Å². The van der Waals surface area contributed by atoms with Gasteiger partial charge in [0.25, 0.3) is 0 Å². The van der Waals surface area contributed by atoms with Crippen LogP contribution in [0.3, 0.4) is 0 Å². The average molecular weight is 460 g/mol. The Kier molecular flexibility index (Phi) is 8.12. The van der Waals surface area contributed by atoms with Crippen LogP contribution in [0.2, 0.25) is 0 Å². The Labute approximate surface area is 170 Å². The van der Waals surface area contributed by atoms with Gasteiger partial charge in [-0.15, -0.1) is 0 Å². The largest absolute Gasteiger partial charge is 1.00 e. The molecule has 0 bridgehead atoms. The van der Waals surface area contributed by atoms with Crippen LogP contribution < -0.4 is 24.0 Å². The summed E-state index contributed by atoms with van der Waals surface area (Å²) in [7, 11) is -1.14. The van der Waals surface area contributed by atoms with Crippen molar-refractivity contribution < 1.29 is 24.0 Å². The molecule has 0 aromatic heterocycles. The van der Waals surface area contributed by atoms with Gasteiger partial charge in [-0.05, 0) is 23.6 Å². The maximum Gasteiger partial charge on any atom is 0.0849 e. The van der Waals surface area contributed by atoms with E-state index in [0.29, 0.717) is 0 Å². The monoisotopic (exact) mass is 460 g/mol. The molecule has 0 saturated carbocycles. The van der Waals surface area contributed by atoms with Crippen molar-refractivity contribution in [3.05, 3.63) is 108 Å². The molecule has 0 unspecified atom stereocenters. The van der Waals surface area contributed by atoms with Gasteiger partial charge in [-0.2, -0.15) is 0 Å². The van der Waals surface area contributed by atoms with Crippen molar-refractivity contribution in [2.75, 3.05) is 6.16 Å². The minimum atomic E-state index is -1.14. The molecule has 3 aromatic carbocycles. The zero-order valence-corrected chi connectivity index (χ0v) is 17.9. The third-order valence-corrected chi connectivity index (χ3v) is 9.20. The van der Waals surface area contributed by atoms with E-state index in [1.165, 1.54) is 41.3 Å². The van der Waals surface area contributed by atoms with Crippen LogP contribution in [0.15, 0.2) is 91.0 Å². The summed E-state index contributed by atoms with van der Waals surface area (Å²) in [5, 5.41) is 0. The van der Waals surface area contributed by atoms with Gasteiger partial charge in [0, 0.05) is 7.26 Å². The number of hydrogen-bond acceptors (Lipinski definition) is 0. The van der Waals surface area contributed by atoms with Gasteiger partial charge in [0.05, 0.1) is 24.6 Å². The number of benzene rings is 3. The van der Waals surface area contributed by atoms with Crippen LogP contribution in [0, 0.1) is 0 Å². The van der Waals surface area contributed by atoms with E-state index >= 15 is 0 Å². The zero-order chi connectivity index (χ0) is 16.7.